The van der Waals surface area contributed by atoms with Crippen LogP contribution in [0.3, 0.4) is 0 Å². The van der Waals surface area contributed by atoms with Gasteiger partial charge in [-0.1, -0.05) is 24.3 Å². The Labute approximate surface area is 189 Å². The SMILES string of the molecule is COc1ccc(F)cc1C(=O)NCc1ccc(-c2nn(C(C)C(C)F)c(N)c2C(N)=O)cc1. The Kier molecular flexibility index (Phi) is 6.95. The Balaban J connectivity index is 1.81. The molecule has 3 rings (SSSR count). The maximum atomic E-state index is 13.8. The van der Waals surface area contributed by atoms with Crippen LogP contribution < -0.4 is 21.5 Å². The molecule has 1 heterocycles. The number of anilines is 1. The van der Waals surface area contributed by atoms with E-state index >= 15 is 0 Å². The molecule has 3 aromatic rings. The lowest BCUT2D eigenvalue weighted by atomic mass is 10.0. The van der Waals surface area contributed by atoms with Crippen molar-refractivity contribution in [2.45, 2.75) is 32.6 Å². The molecule has 2 atom stereocenters. The first kappa shape index (κ1) is 23.7. The number of alkyl halides is 1. The molecule has 2 aromatic carbocycles. The van der Waals surface area contributed by atoms with Crippen molar-refractivity contribution in [3.63, 3.8) is 0 Å². The number of nitrogens with one attached hydrogen (secondary N) is 1. The van der Waals surface area contributed by atoms with Crippen molar-refractivity contribution < 1.29 is 23.1 Å². The molecular weight excluding hydrogens is 432 g/mol. The molecule has 0 aliphatic rings. The lowest BCUT2D eigenvalue weighted by Gasteiger charge is -2.14. The first-order valence-corrected chi connectivity index (χ1v) is 10.2. The largest absolute Gasteiger partial charge is 0.496 e. The molecule has 0 aliphatic carbocycles. The van der Waals surface area contributed by atoms with Gasteiger partial charge in [0, 0.05) is 12.1 Å². The van der Waals surface area contributed by atoms with E-state index in [0.29, 0.717) is 5.56 Å². The van der Waals surface area contributed by atoms with Crippen LogP contribution in [0.5, 0.6) is 5.75 Å². The Morgan fingerprint density at radius 3 is 2.42 bits per heavy atom. The predicted octanol–water partition coefficient (Wildman–Crippen LogP) is 3.23. The fraction of sp³-hybridized carbons (Fsp3) is 0.261. The normalized spacial score (nSPS) is 12.8. The van der Waals surface area contributed by atoms with Gasteiger partial charge in [-0.05, 0) is 37.6 Å². The second-order valence-corrected chi connectivity index (χ2v) is 7.56. The summed E-state index contributed by atoms with van der Waals surface area (Å²) in [5, 5.41) is 7.03. The molecule has 5 N–H and O–H groups in total. The summed E-state index contributed by atoms with van der Waals surface area (Å²) < 4.78 is 33.7. The van der Waals surface area contributed by atoms with Gasteiger partial charge in [-0.2, -0.15) is 5.10 Å². The van der Waals surface area contributed by atoms with Crippen LogP contribution in [0.1, 0.15) is 46.2 Å². The zero-order valence-corrected chi connectivity index (χ0v) is 18.4. The number of carbonyl (C=O) groups is 2. The van der Waals surface area contributed by atoms with Gasteiger partial charge in [0.15, 0.2) is 0 Å². The number of aromatic nitrogens is 2. The van der Waals surface area contributed by atoms with Crippen molar-refractivity contribution in [2.75, 3.05) is 12.8 Å². The fourth-order valence-electron chi connectivity index (χ4n) is 3.31. The number of nitrogen functional groups attached to an aromatic ring is 1. The quantitative estimate of drug-likeness (QED) is 0.479. The van der Waals surface area contributed by atoms with Gasteiger partial charge in [-0.3, -0.25) is 9.59 Å². The van der Waals surface area contributed by atoms with Crippen LogP contribution in [-0.4, -0.2) is 34.9 Å². The summed E-state index contributed by atoms with van der Waals surface area (Å²) in [7, 11) is 1.39. The monoisotopic (exact) mass is 457 g/mol. The third-order valence-electron chi connectivity index (χ3n) is 5.33. The lowest BCUT2D eigenvalue weighted by Crippen LogP contribution is -2.23. The fourth-order valence-corrected chi connectivity index (χ4v) is 3.31. The highest BCUT2D eigenvalue weighted by Crippen LogP contribution is 2.30. The second-order valence-electron chi connectivity index (χ2n) is 7.56. The minimum atomic E-state index is -1.25. The van der Waals surface area contributed by atoms with Crippen LogP contribution in [0.15, 0.2) is 42.5 Å². The van der Waals surface area contributed by atoms with E-state index in [1.165, 1.54) is 30.8 Å². The predicted molar refractivity (Wildman–Crippen MR) is 120 cm³/mol. The summed E-state index contributed by atoms with van der Waals surface area (Å²) in [6.07, 6.45) is -1.25. The van der Waals surface area contributed by atoms with E-state index in [0.717, 1.165) is 11.6 Å². The third kappa shape index (κ3) is 4.94. The Morgan fingerprint density at radius 2 is 1.85 bits per heavy atom. The smallest absolute Gasteiger partial charge is 0.255 e. The molecule has 0 spiro atoms. The molecule has 0 bridgehead atoms. The zero-order chi connectivity index (χ0) is 24.3. The van der Waals surface area contributed by atoms with Gasteiger partial charge >= 0.3 is 0 Å². The van der Waals surface area contributed by atoms with E-state index in [2.05, 4.69) is 10.4 Å². The molecule has 2 unspecified atom stereocenters. The number of methoxy groups -OCH3 is 1. The highest BCUT2D eigenvalue weighted by molar-refractivity contribution is 6.03. The number of primary amides is 1. The number of hydrogen-bond acceptors (Lipinski definition) is 5. The third-order valence-corrected chi connectivity index (χ3v) is 5.33. The summed E-state index contributed by atoms with van der Waals surface area (Å²) >= 11 is 0. The number of amides is 2. The molecule has 1 aromatic heterocycles. The number of rotatable bonds is 8. The second kappa shape index (κ2) is 9.68. The van der Waals surface area contributed by atoms with Crippen molar-refractivity contribution in [1.82, 2.24) is 15.1 Å². The van der Waals surface area contributed by atoms with Crippen LogP contribution in [-0.2, 0) is 6.54 Å². The van der Waals surface area contributed by atoms with Crippen LogP contribution >= 0.6 is 0 Å². The van der Waals surface area contributed by atoms with Crippen LogP contribution in [0.4, 0.5) is 14.6 Å². The van der Waals surface area contributed by atoms with Crippen LogP contribution in [0.25, 0.3) is 11.3 Å². The highest BCUT2D eigenvalue weighted by Gasteiger charge is 2.26. The van der Waals surface area contributed by atoms with Crippen molar-refractivity contribution in [3.8, 4) is 17.0 Å². The van der Waals surface area contributed by atoms with Gasteiger partial charge in [-0.25, -0.2) is 13.5 Å². The molecule has 10 heteroatoms. The standard InChI is InChI=1S/C23H25F2N5O3/c1-12(24)13(2)30-21(26)19(22(27)31)20(29-30)15-6-4-14(5-7-15)11-28-23(32)17-10-16(25)8-9-18(17)33-3/h4-10,12-13H,11,26H2,1-3H3,(H2,27,31)(H,28,32). The topological polar surface area (TPSA) is 125 Å². The molecule has 0 saturated heterocycles. The first-order valence-electron chi connectivity index (χ1n) is 10.2. The van der Waals surface area contributed by atoms with Gasteiger partial charge in [0.25, 0.3) is 11.8 Å². The van der Waals surface area contributed by atoms with Crippen LogP contribution in [0, 0.1) is 5.82 Å². The summed E-state index contributed by atoms with van der Waals surface area (Å²) in [6, 6.07) is 9.81. The molecule has 8 nitrogen and oxygen atoms in total. The number of hydrogen-bond donors (Lipinski definition) is 3. The van der Waals surface area contributed by atoms with Crippen molar-refractivity contribution in [1.29, 1.82) is 0 Å². The Bertz CT molecular complexity index is 1180. The lowest BCUT2D eigenvalue weighted by molar-refractivity contribution is 0.0946. The van der Waals surface area contributed by atoms with Gasteiger partial charge in [0.1, 0.15) is 34.8 Å². The molecule has 174 valence electrons. The molecule has 33 heavy (non-hydrogen) atoms. The molecular formula is C23H25F2N5O3. The van der Waals surface area contributed by atoms with E-state index in [4.69, 9.17) is 16.2 Å². The Hall–Kier alpha value is -3.95. The maximum absolute atomic E-state index is 13.8. The van der Waals surface area contributed by atoms with Gasteiger partial charge in [0.2, 0.25) is 0 Å². The molecule has 0 saturated carbocycles. The summed E-state index contributed by atoms with van der Waals surface area (Å²) in [5.74, 6) is -1.56. The summed E-state index contributed by atoms with van der Waals surface area (Å²) in [5.41, 5.74) is 13.2. The average molecular weight is 457 g/mol. The van der Waals surface area contributed by atoms with Crippen molar-refractivity contribution in [2.24, 2.45) is 5.73 Å². The van der Waals surface area contributed by atoms with Crippen LogP contribution in [0.2, 0.25) is 0 Å². The highest BCUT2D eigenvalue weighted by atomic mass is 19.1. The van der Waals surface area contributed by atoms with E-state index in [1.54, 1.807) is 31.2 Å². The zero-order valence-electron chi connectivity index (χ0n) is 18.4. The number of nitrogens with two attached hydrogens (primary N) is 2. The first-order chi connectivity index (χ1) is 15.6. The molecule has 0 aliphatic heterocycles. The van der Waals surface area contributed by atoms with E-state index < -0.39 is 29.8 Å². The van der Waals surface area contributed by atoms with Gasteiger partial charge in [0.05, 0.1) is 18.7 Å². The average Bonchev–Trinajstić information content (AvgIpc) is 3.14. The number of ether oxygens (including phenoxy) is 1. The Morgan fingerprint density at radius 1 is 1.18 bits per heavy atom. The van der Waals surface area contributed by atoms with Crippen molar-refractivity contribution in [3.05, 3.63) is 65.0 Å². The van der Waals surface area contributed by atoms with E-state index in [1.807, 2.05) is 0 Å². The summed E-state index contributed by atoms with van der Waals surface area (Å²) in [4.78, 5) is 24.4. The molecule has 0 fully saturated rings. The number of benzene rings is 2. The maximum Gasteiger partial charge on any atom is 0.255 e. The van der Waals surface area contributed by atoms with Crippen molar-refractivity contribution >= 4 is 17.6 Å². The van der Waals surface area contributed by atoms with Gasteiger partial charge < -0.3 is 21.5 Å². The summed E-state index contributed by atoms with van der Waals surface area (Å²) in [6.45, 7) is 3.13. The van der Waals surface area contributed by atoms with E-state index in [-0.39, 0.29) is 34.9 Å². The number of halogens is 2. The number of carbonyl (C=O) groups excluding carboxylic acids is 2. The van der Waals surface area contributed by atoms with E-state index in [9.17, 15) is 18.4 Å². The minimum absolute atomic E-state index is 0.00474. The van der Waals surface area contributed by atoms with Gasteiger partial charge in [-0.15, -0.1) is 0 Å². The molecule has 2 amide bonds. The minimum Gasteiger partial charge on any atom is -0.496 e. The number of nitrogens with zero attached hydrogens (tertiary/aromatic N) is 2. The molecule has 0 radical (unpaired) electrons.